The summed E-state index contributed by atoms with van der Waals surface area (Å²) in [5, 5.41) is 3.23. The quantitative estimate of drug-likeness (QED) is 0.771. The highest BCUT2D eigenvalue weighted by atomic mass is 35.5. The number of nitrogens with one attached hydrogen (secondary N) is 1. The normalized spacial score (nSPS) is 9.85. The minimum absolute atomic E-state index is 0.230. The van der Waals surface area contributed by atoms with Crippen LogP contribution in [0.25, 0.3) is 0 Å². The van der Waals surface area contributed by atoms with Gasteiger partial charge in [-0.25, -0.2) is 0 Å². The molecule has 0 saturated heterocycles. The first-order valence-electron chi connectivity index (χ1n) is 3.74. The molecule has 1 N–H and O–H groups in total. The molecule has 1 aromatic rings. The lowest BCUT2D eigenvalue weighted by Crippen LogP contribution is -2.18. The lowest BCUT2D eigenvalue weighted by molar-refractivity contribution is 0.0963. The Hall–Kier alpha value is -0.730. The van der Waals surface area contributed by atoms with Crippen LogP contribution in [0.1, 0.15) is 15.9 Å². The zero-order valence-electron chi connectivity index (χ0n) is 7.32. The highest BCUT2D eigenvalue weighted by molar-refractivity contribution is 6.44. The molecule has 0 unspecified atom stereocenters. The Morgan fingerprint density at radius 2 is 1.92 bits per heavy atom. The smallest absolute Gasteiger partial charge is 0.252 e. The van der Waals surface area contributed by atoms with E-state index in [-0.39, 0.29) is 5.91 Å². The first kappa shape index (κ1) is 10.4. The lowest BCUT2D eigenvalue weighted by Gasteiger charge is -2.06. The summed E-state index contributed by atoms with van der Waals surface area (Å²) in [6, 6.07) is 3.42. The van der Waals surface area contributed by atoms with Crippen LogP contribution < -0.4 is 5.32 Å². The Labute approximate surface area is 86.8 Å². The molecule has 4 heteroatoms. The van der Waals surface area contributed by atoms with Crippen molar-refractivity contribution in [2.24, 2.45) is 0 Å². The molecule has 0 radical (unpaired) electrons. The van der Waals surface area contributed by atoms with Gasteiger partial charge in [0, 0.05) is 7.05 Å². The second-order valence-electron chi connectivity index (χ2n) is 2.64. The molecule has 0 aliphatic carbocycles. The monoisotopic (exact) mass is 217 g/mol. The van der Waals surface area contributed by atoms with E-state index in [0.717, 1.165) is 5.56 Å². The van der Waals surface area contributed by atoms with E-state index in [1.165, 1.54) is 0 Å². The van der Waals surface area contributed by atoms with Crippen molar-refractivity contribution in [2.75, 3.05) is 7.05 Å². The Morgan fingerprint density at radius 1 is 1.31 bits per heavy atom. The summed E-state index contributed by atoms with van der Waals surface area (Å²) in [4.78, 5) is 11.2. The van der Waals surface area contributed by atoms with E-state index in [1.807, 2.05) is 6.92 Å². The highest BCUT2D eigenvalue weighted by Gasteiger charge is 2.12. The predicted molar refractivity (Wildman–Crippen MR) is 54.6 cm³/mol. The molecular weight excluding hydrogens is 209 g/mol. The zero-order valence-corrected chi connectivity index (χ0v) is 8.83. The zero-order chi connectivity index (χ0) is 10.0. The van der Waals surface area contributed by atoms with Gasteiger partial charge in [0.15, 0.2) is 0 Å². The van der Waals surface area contributed by atoms with E-state index in [2.05, 4.69) is 5.32 Å². The minimum Gasteiger partial charge on any atom is -0.355 e. The second-order valence-corrected chi connectivity index (χ2v) is 3.39. The van der Waals surface area contributed by atoms with Crippen LogP contribution in [0.15, 0.2) is 12.1 Å². The number of amides is 1. The fourth-order valence-corrected chi connectivity index (χ4v) is 1.42. The van der Waals surface area contributed by atoms with Crippen molar-refractivity contribution in [3.63, 3.8) is 0 Å². The lowest BCUT2D eigenvalue weighted by atomic mass is 10.1. The maximum absolute atomic E-state index is 11.2. The summed E-state index contributed by atoms with van der Waals surface area (Å²) in [6.45, 7) is 1.84. The summed E-state index contributed by atoms with van der Waals surface area (Å²) < 4.78 is 0. The van der Waals surface area contributed by atoms with Crippen molar-refractivity contribution in [1.29, 1.82) is 0 Å². The third-order valence-corrected chi connectivity index (χ3v) is 2.72. The SMILES string of the molecule is CNC(=O)c1ccc(C)c(Cl)c1Cl. The van der Waals surface area contributed by atoms with Gasteiger partial charge in [0.25, 0.3) is 5.91 Å². The summed E-state index contributed by atoms with van der Waals surface area (Å²) in [5.41, 5.74) is 1.26. The average Bonchev–Trinajstić information content (AvgIpc) is 2.13. The Kier molecular flexibility index (Phi) is 3.17. The molecule has 0 aliphatic heterocycles. The van der Waals surface area contributed by atoms with Crippen LogP contribution in [0.3, 0.4) is 0 Å². The molecule has 0 aliphatic rings. The summed E-state index contributed by atoms with van der Waals surface area (Å²) in [7, 11) is 1.55. The summed E-state index contributed by atoms with van der Waals surface area (Å²) in [6.07, 6.45) is 0. The maximum Gasteiger partial charge on any atom is 0.252 e. The average molecular weight is 218 g/mol. The standard InChI is InChI=1S/C9H9Cl2NO/c1-5-3-4-6(9(13)12-2)8(11)7(5)10/h3-4H,1-2H3,(H,12,13). The van der Waals surface area contributed by atoms with Crippen LogP contribution in [0.2, 0.25) is 10.0 Å². The van der Waals surface area contributed by atoms with Crippen LogP contribution in [0.4, 0.5) is 0 Å². The van der Waals surface area contributed by atoms with Crippen molar-refractivity contribution in [3.05, 3.63) is 33.3 Å². The Bertz CT molecular complexity index is 350. The number of benzene rings is 1. The first-order chi connectivity index (χ1) is 6.07. The van der Waals surface area contributed by atoms with Crippen LogP contribution in [0.5, 0.6) is 0 Å². The van der Waals surface area contributed by atoms with Crippen LogP contribution >= 0.6 is 23.2 Å². The van der Waals surface area contributed by atoms with E-state index in [1.54, 1.807) is 19.2 Å². The first-order valence-corrected chi connectivity index (χ1v) is 4.50. The van der Waals surface area contributed by atoms with Gasteiger partial charge in [0.1, 0.15) is 0 Å². The predicted octanol–water partition coefficient (Wildman–Crippen LogP) is 2.66. The van der Waals surface area contributed by atoms with Crippen molar-refractivity contribution in [1.82, 2.24) is 5.32 Å². The third kappa shape index (κ3) is 1.95. The Morgan fingerprint density at radius 3 is 2.46 bits per heavy atom. The minimum atomic E-state index is -0.230. The van der Waals surface area contributed by atoms with Crippen LogP contribution in [-0.2, 0) is 0 Å². The van der Waals surface area contributed by atoms with Gasteiger partial charge >= 0.3 is 0 Å². The molecule has 0 aromatic heterocycles. The molecule has 0 saturated carbocycles. The van der Waals surface area contributed by atoms with Gasteiger partial charge in [-0.3, -0.25) is 4.79 Å². The number of carbonyl (C=O) groups excluding carboxylic acids is 1. The molecular formula is C9H9Cl2NO. The maximum atomic E-state index is 11.2. The van der Waals surface area contributed by atoms with E-state index in [9.17, 15) is 4.79 Å². The van der Waals surface area contributed by atoms with E-state index in [4.69, 9.17) is 23.2 Å². The van der Waals surface area contributed by atoms with Gasteiger partial charge in [-0.05, 0) is 18.6 Å². The number of halogens is 2. The summed E-state index contributed by atoms with van der Waals surface area (Å²) in [5.74, 6) is -0.230. The van der Waals surface area contributed by atoms with Gasteiger partial charge < -0.3 is 5.32 Å². The molecule has 2 nitrogen and oxygen atoms in total. The topological polar surface area (TPSA) is 29.1 Å². The summed E-state index contributed by atoms with van der Waals surface area (Å²) >= 11 is 11.8. The molecule has 0 spiro atoms. The molecule has 0 heterocycles. The van der Waals surface area contributed by atoms with Crippen molar-refractivity contribution < 1.29 is 4.79 Å². The molecule has 70 valence electrons. The van der Waals surface area contributed by atoms with Crippen LogP contribution in [-0.4, -0.2) is 13.0 Å². The molecule has 0 fully saturated rings. The fraction of sp³-hybridized carbons (Fsp3) is 0.222. The number of carbonyl (C=O) groups is 1. The molecule has 1 aromatic carbocycles. The third-order valence-electron chi connectivity index (χ3n) is 1.75. The van der Waals surface area contributed by atoms with Crippen molar-refractivity contribution in [3.8, 4) is 0 Å². The fourth-order valence-electron chi connectivity index (χ4n) is 0.956. The van der Waals surface area contributed by atoms with E-state index in [0.29, 0.717) is 15.6 Å². The number of hydrogen-bond acceptors (Lipinski definition) is 1. The number of hydrogen-bond donors (Lipinski definition) is 1. The van der Waals surface area contributed by atoms with E-state index < -0.39 is 0 Å². The Balaban J connectivity index is 3.26. The van der Waals surface area contributed by atoms with Crippen LogP contribution in [0, 0.1) is 6.92 Å². The van der Waals surface area contributed by atoms with Gasteiger partial charge in [-0.2, -0.15) is 0 Å². The van der Waals surface area contributed by atoms with Crippen molar-refractivity contribution >= 4 is 29.1 Å². The van der Waals surface area contributed by atoms with E-state index >= 15 is 0 Å². The number of rotatable bonds is 1. The van der Waals surface area contributed by atoms with Gasteiger partial charge in [-0.15, -0.1) is 0 Å². The molecule has 0 bridgehead atoms. The van der Waals surface area contributed by atoms with Gasteiger partial charge in [0.05, 0.1) is 15.6 Å². The molecule has 1 amide bonds. The molecule has 0 atom stereocenters. The van der Waals surface area contributed by atoms with Gasteiger partial charge in [-0.1, -0.05) is 29.3 Å². The van der Waals surface area contributed by atoms with Crippen molar-refractivity contribution in [2.45, 2.75) is 6.92 Å². The second kappa shape index (κ2) is 3.99. The highest BCUT2D eigenvalue weighted by Crippen LogP contribution is 2.28. The molecule has 13 heavy (non-hydrogen) atoms. The van der Waals surface area contributed by atoms with Gasteiger partial charge in [0.2, 0.25) is 0 Å². The molecule has 1 rings (SSSR count). The largest absolute Gasteiger partial charge is 0.355 e. The number of aryl methyl sites for hydroxylation is 1.